The molecule has 1 unspecified atom stereocenters. The summed E-state index contributed by atoms with van der Waals surface area (Å²) in [6, 6.07) is 4.89. The molecule has 2 rings (SSSR count). The van der Waals surface area contributed by atoms with E-state index in [2.05, 4.69) is 10.6 Å². The van der Waals surface area contributed by atoms with Gasteiger partial charge in [-0.3, -0.25) is 5.32 Å². The highest BCUT2D eigenvalue weighted by molar-refractivity contribution is 5.85. The largest absolute Gasteiger partial charge is 0.444 e. The van der Waals surface area contributed by atoms with Gasteiger partial charge in [0.15, 0.2) is 0 Å². The molecule has 4 nitrogen and oxygen atoms in total. The van der Waals surface area contributed by atoms with Gasteiger partial charge in [-0.15, -0.1) is 0 Å². The van der Waals surface area contributed by atoms with Crippen LogP contribution in [0.4, 0.5) is 14.9 Å². The van der Waals surface area contributed by atoms with Crippen LogP contribution in [-0.2, 0) is 4.74 Å². The second-order valence-corrected chi connectivity index (χ2v) is 6.41. The minimum absolute atomic E-state index is 0.173. The van der Waals surface area contributed by atoms with Gasteiger partial charge in [-0.2, -0.15) is 0 Å². The lowest BCUT2D eigenvalue weighted by atomic mass is 9.91. The highest BCUT2D eigenvalue weighted by atomic mass is 19.1. The monoisotopic (exact) mass is 294 g/mol. The fourth-order valence-electron chi connectivity index (χ4n) is 2.44. The van der Waals surface area contributed by atoms with Crippen LogP contribution in [0, 0.1) is 5.82 Å². The van der Waals surface area contributed by atoms with E-state index in [1.165, 1.54) is 6.07 Å². The maximum Gasteiger partial charge on any atom is 0.412 e. The predicted octanol–water partition coefficient (Wildman–Crippen LogP) is 3.64. The average molecular weight is 294 g/mol. The van der Waals surface area contributed by atoms with E-state index in [0.29, 0.717) is 5.92 Å². The molecule has 1 aliphatic heterocycles. The van der Waals surface area contributed by atoms with Crippen LogP contribution < -0.4 is 10.6 Å². The lowest BCUT2D eigenvalue weighted by molar-refractivity contribution is 0.0635. The third-order valence-electron chi connectivity index (χ3n) is 3.39. The Bertz CT molecular complexity index is 505. The van der Waals surface area contributed by atoms with Gasteiger partial charge in [-0.1, -0.05) is 6.07 Å². The number of carbonyl (C=O) groups is 1. The van der Waals surface area contributed by atoms with Crippen molar-refractivity contribution in [2.45, 2.75) is 45.1 Å². The number of hydrogen-bond acceptors (Lipinski definition) is 3. The Morgan fingerprint density at radius 1 is 1.43 bits per heavy atom. The Kier molecular flexibility index (Phi) is 4.83. The van der Waals surface area contributed by atoms with Gasteiger partial charge in [0.2, 0.25) is 0 Å². The molecule has 1 atom stereocenters. The van der Waals surface area contributed by atoms with Crippen LogP contribution >= 0.6 is 0 Å². The number of halogens is 1. The molecule has 0 bridgehead atoms. The van der Waals surface area contributed by atoms with E-state index in [-0.39, 0.29) is 5.69 Å². The molecule has 0 spiro atoms. The first kappa shape index (κ1) is 15.8. The Balaban J connectivity index is 2.10. The van der Waals surface area contributed by atoms with E-state index in [1.807, 2.05) is 0 Å². The highest BCUT2D eigenvalue weighted by Crippen LogP contribution is 2.27. The van der Waals surface area contributed by atoms with Crippen molar-refractivity contribution in [1.29, 1.82) is 0 Å². The summed E-state index contributed by atoms with van der Waals surface area (Å²) >= 11 is 0. The van der Waals surface area contributed by atoms with Gasteiger partial charge >= 0.3 is 6.09 Å². The smallest absolute Gasteiger partial charge is 0.412 e. The molecular weight excluding hydrogens is 271 g/mol. The molecule has 1 heterocycles. The van der Waals surface area contributed by atoms with Crippen LogP contribution in [0.15, 0.2) is 18.2 Å². The van der Waals surface area contributed by atoms with Crippen molar-refractivity contribution in [2.75, 3.05) is 18.4 Å². The molecule has 0 aliphatic carbocycles. The SMILES string of the molecule is CC(C)(C)OC(=O)Nc1cc(C2CCCNC2)ccc1F. The summed E-state index contributed by atoms with van der Waals surface area (Å²) in [4.78, 5) is 11.8. The number of carbonyl (C=O) groups excluding carboxylic acids is 1. The highest BCUT2D eigenvalue weighted by Gasteiger charge is 2.20. The number of amides is 1. The first-order valence-corrected chi connectivity index (χ1v) is 7.35. The van der Waals surface area contributed by atoms with Gasteiger partial charge in [0.25, 0.3) is 0 Å². The fraction of sp³-hybridized carbons (Fsp3) is 0.562. The quantitative estimate of drug-likeness (QED) is 0.875. The topological polar surface area (TPSA) is 50.4 Å². The number of nitrogens with one attached hydrogen (secondary N) is 2. The van der Waals surface area contributed by atoms with Crippen molar-refractivity contribution in [3.63, 3.8) is 0 Å². The molecule has 0 aromatic heterocycles. The predicted molar refractivity (Wildman–Crippen MR) is 81.1 cm³/mol. The molecule has 1 saturated heterocycles. The van der Waals surface area contributed by atoms with Gasteiger partial charge in [-0.25, -0.2) is 9.18 Å². The maximum absolute atomic E-state index is 13.8. The second-order valence-electron chi connectivity index (χ2n) is 6.41. The molecule has 5 heteroatoms. The normalized spacial score (nSPS) is 19.1. The zero-order chi connectivity index (χ0) is 15.5. The van der Waals surface area contributed by atoms with E-state index in [1.54, 1.807) is 32.9 Å². The van der Waals surface area contributed by atoms with Crippen LogP contribution in [0.1, 0.15) is 45.1 Å². The number of ether oxygens (including phenoxy) is 1. The van der Waals surface area contributed by atoms with Gasteiger partial charge in [-0.05, 0) is 63.8 Å². The van der Waals surface area contributed by atoms with Crippen molar-refractivity contribution < 1.29 is 13.9 Å². The summed E-state index contributed by atoms with van der Waals surface area (Å²) < 4.78 is 19.0. The molecule has 21 heavy (non-hydrogen) atoms. The number of piperidine rings is 1. The molecule has 0 saturated carbocycles. The third-order valence-corrected chi connectivity index (χ3v) is 3.39. The Hall–Kier alpha value is -1.62. The first-order valence-electron chi connectivity index (χ1n) is 7.35. The number of benzene rings is 1. The van der Waals surface area contributed by atoms with E-state index >= 15 is 0 Å². The van der Waals surface area contributed by atoms with Crippen molar-refractivity contribution in [3.05, 3.63) is 29.6 Å². The van der Waals surface area contributed by atoms with Crippen molar-refractivity contribution in [2.24, 2.45) is 0 Å². The number of anilines is 1. The van der Waals surface area contributed by atoms with Crippen LogP contribution in [0.2, 0.25) is 0 Å². The van der Waals surface area contributed by atoms with E-state index < -0.39 is 17.5 Å². The standard InChI is InChI=1S/C16H23FN2O2/c1-16(2,3)21-15(20)19-14-9-11(6-7-13(14)17)12-5-4-8-18-10-12/h6-7,9,12,18H,4-5,8,10H2,1-3H3,(H,19,20). The third kappa shape index (κ3) is 4.70. The molecule has 1 aromatic carbocycles. The minimum atomic E-state index is -0.639. The van der Waals surface area contributed by atoms with E-state index in [0.717, 1.165) is 31.5 Å². The zero-order valence-electron chi connectivity index (χ0n) is 12.8. The lowest BCUT2D eigenvalue weighted by Gasteiger charge is -2.24. The molecule has 1 amide bonds. The van der Waals surface area contributed by atoms with E-state index in [9.17, 15) is 9.18 Å². The molecular formula is C16H23FN2O2. The summed E-state index contributed by atoms with van der Waals surface area (Å²) in [5.41, 5.74) is 0.604. The molecule has 116 valence electrons. The second kappa shape index (κ2) is 6.43. The van der Waals surface area contributed by atoms with Gasteiger partial charge in [0, 0.05) is 6.54 Å². The van der Waals surface area contributed by atoms with Crippen LogP contribution in [-0.4, -0.2) is 24.8 Å². The minimum Gasteiger partial charge on any atom is -0.444 e. The average Bonchev–Trinajstić information content (AvgIpc) is 2.40. The van der Waals surface area contributed by atoms with Crippen molar-refractivity contribution >= 4 is 11.8 Å². The van der Waals surface area contributed by atoms with Crippen LogP contribution in [0.25, 0.3) is 0 Å². The number of hydrogen-bond donors (Lipinski definition) is 2. The number of rotatable bonds is 2. The molecule has 1 fully saturated rings. The molecule has 2 N–H and O–H groups in total. The van der Waals surface area contributed by atoms with E-state index in [4.69, 9.17) is 4.74 Å². The zero-order valence-corrected chi connectivity index (χ0v) is 12.8. The van der Waals surface area contributed by atoms with Gasteiger partial charge < -0.3 is 10.1 Å². The molecule has 1 aromatic rings. The van der Waals surface area contributed by atoms with Crippen molar-refractivity contribution in [3.8, 4) is 0 Å². The maximum atomic E-state index is 13.8. The van der Waals surface area contributed by atoms with Gasteiger partial charge in [0.1, 0.15) is 11.4 Å². The summed E-state index contributed by atoms with van der Waals surface area (Å²) in [5, 5.41) is 5.82. The Labute approximate surface area is 125 Å². The lowest BCUT2D eigenvalue weighted by Crippen LogP contribution is -2.29. The van der Waals surface area contributed by atoms with Gasteiger partial charge in [0.05, 0.1) is 5.69 Å². The van der Waals surface area contributed by atoms with Crippen molar-refractivity contribution in [1.82, 2.24) is 5.32 Å². The summed E-state index contributed by atoms with van der Waals surface area (Å²) in [6.07, 6.45) is 1.54. The summed E-state index contributed by atoms with van der Waals surface area (Å²) in [6.45, 7) is 7.23. The summed E-state index contributed by atoms with van der Waals surface area (Å²) in [5.74, 6) is -0.0908. The molecule has 1 aliphatic rings. The fourth-order valence-corrected chi connectivity index (χ4v) is 2.44. The van der Waals surface area contributed by atoms with Crippen LogP contribution in [0.5, 0.6) is 0 Å². The first-order chi connectivity index (χ1) is 9.85. The van der Waals surface area contributed by atoms with Crippen LogP contribution in [0.3, 0.4) is 0 Å². The summed E-state index contributed by atoms with van der Waals surface area (Å²) in [7, 11) is 0. The Morgan fingerprint density at radius 2 is 2.19 bits per heavy atom. The Morgan fingerprint density at radius 3 is 2.81 bits per heavy atom. The molecule has 0 radical (unpaired) electrons.